The van der Waals surface area contributed by atoms with Crippen LogP contribution in [0.25, 0.3) is 10.9 Å². The van der Waals surface area contributed by atoms with Gasteiger partial charge < -0.3 is 4.74 Å². The fourth-order valence-electron chi connectivity index (χ4n) is 2.23. The summed E-state index contributed by atoms with van der Waals surface area (Å²) in [6.07, 6.45) is -3.24. The first-order chi connectivity index (χ1) is 11.4. The van der Waals surface area contributed by atoms with E-state index in [0.29, 0.717) is 15.9 Å². The Kier molecular flexibility index (Phi) is 3.91. The molecule has 11 heteroatoms. The van der Waals surface area contributed by atoms with Gasteiger partial charge in [-0.05, 0) is 22.6 Å². The monoisotopic (exact) mass is 340 g/mol. The highest BCUT2D eigenvalue weighted by atomic mass is 19.4. The van der Waals surface area contributed by atoms with Gasteiger partial charge in [0.25, 0.3) is 5.56 Å². The molecule has 3 rings (SSSR count). The van der Waals surface area contributed by atoms with Gasteiger partial charge in [0, 0.05) is 0 Å². The lowest BCUT2D eigenvalue weighted by Crippen LogP contribution is -2.26. The molecule has 0 aliphatic rings. The molecule has 0 bridgehead atoms. The number of ether oxygens (including phenoxy) is 1. The van der Waals surface area contributed by atoms with Crippen LogP contribution >= 0.6 is 0 Å². The Balaban J connectivity index is 2.02. The Morgan fingerprint density at radius 3 is 2.79 bits per heavy atom. The van der Waals surface area contributed by atoms with Crippen molar-refractivity contribution in [1.29, 1.82) is 0 Å². The predicted octanol–water partition coefficient (Wildman–Crippen LogP) is 1.00. The molecule has 2 heterocycles. The predicted molar refractivity (Wildman–Crippen MR) is 75.5 cm³/mol. The van der Waals surface area contributed by atoms with Crippen LogP contribution in [-0.2, 0) is 13.1 Å². The maximum atomic E-state index is 12.6. The van der Waals surface area contributed by atoms with Crippen LogP contribution in [0.15, 0.2) is 29.3 Å². The van der Waals surface area contributed by atoms with E-state index in [1.807, 2.05) is 0 Å². The average Bonchev–Trinajstić information content (AvgIpc) is 2.94. The second-order valence-electron chi connectivity index (χ2n) is 4.90. The van der Waals surface area contributed by atoms with Gasteiger partial charge >= 0.3 is 6.18 Å². The molecule has 0 saturated heterocycles. The molecule has 8 nitrogen and oxygen atoms in total. The number of alkyl halides is 3. The number of benzene rings is 1. The van der Waals surface area contributed by atoms with Gasteiger partial charge in [-0.1, -0.05) is 6.07 Å². The van der Waals surface area contributed by atoms with Gasteiger partial charge in [0.2, 0.25) is 0 Å². The van der Waals surface area contributed by atoms with Crippen molar-refractivity contribution in [3.63, 3.8) is 0 Å². The van der Waals surface area contributed by atoms with Gasteiger partial charge in [-0.3, -0.25) is 9.36 Å². The lowest BCUT2D eigenvalue weighted by atomic mass is 10.2. The third-order valence-electron chi connectivity index (χ3n) is 3.28. The highest BCUT2D eigenvalue weighted by Crippen LogP contribution is 2.20. The van der Waals surface area contributed by atoms with Gasteiger partial charge in [-0.2, -0.15) is 13.2 Å². The molecule has 0 fully saturated rings. The minimum absolute atomic E-state index is 0.106. The number of tetrazole rings is 1. The first-order valence-electron chi connectivity index (χ1n) is 6.73. The van der Waals surface area contributed by atoms with Crippen LogP contribution in [0.3, 0.4) is 0 Å². The largest absolute Gasteiger partial charge is 0.496 e. The Hall–Kier alpha value is -2.98. The van der Waals surface area contributed by atoms with E-state index in [1.54, 1.807) is 18.2 Å². The van der Waals surface area contributed by atoms with Crippen molar-refractivity contribution in [2.75, 3.05) is 7.11 Å². The summed E-state index contributed by atoms with van der Waals surface area (Å²) in [6, 6.07) is 4.92. The summed E-state index contributed by atoms with van der Waals surface area (Å²) in [5.41, 5.74) is -0.0375. The summed E-state index contributed by atoms with van der Waals surface area (Å²) < 4.78 is 44.4. The number of fused-ring (bicyclic) bond motifs is 1. The van der Waals surface area contributed by atoms with Gasteiger partial charge in [0.1, 0.15) is 17.7 Å². The number of aromatic nitrogens is 6. The summed E-state index contributed by atoms with van der Waals surface area (Å²) in [7, 11) is 1.41. The quantitative estimate of drug-likeness (QED) is 0.704. The number of halogens is 3. The van der Waals surface area contributed by atoms with Gasteiger partial charge in [0.05, 0.1) is 25.5 Å². The third kappa shape index (κ3) is 3.05. The van der Waals surface area contributed by atoms with Gasteiger partial charge in [-0.15, -0.1) is 5.10 Å². The van der Waals surface area contributed by atoms with E-state index in [4.69, 9.17) is 4.74 Å². The smallest absolute Gasteiger partial charge is 0.408 e. The zero-order valence-electron chi connectivity index (χ0n) is 12.4. The molecule has 0 aliphatic carbocycles. The van der Waals surface area contributed by atoms with E-state index in [-0.39, 0.29) is 17.8 Å². The molecule has 0 N–H and O–H groups in total. The summed E-state index contributed by atoms with van der Waals surface area (Å²) in [4.78, 5) is 16.7. The van der Waals surface area contributed by atoms with Crippen molar-refractivity contribution in [2.24, 2.45) is 0 Å². The van der Waals surface area contributed by atoms with Crippen molar-refractivity contribution in [3.8, 4) is 5.75 Å². The average molecular weight is 340 g/mol. The van der Waals surface area contributed by atoms with Crippen LogP contribution in [0.2, 0.25) is 0 Å². The van der Waals surface area contributed by atoms with Crippen molar-refractivity contribution in [3.05, 3.63) is 40.7 Å². The summed E-state index contributed by atoms with van der Waals surface area (Å²) in [5, 5.41) is 10.3. The Morgan fingerprint density at radius 1 is 1.29 bits per heavy atom. The Labute approximate surface area is 132 Å². The van der Waals surface area contributed by atoms with Crippen LogP contribution in [-0.4, -0.2) is 43.0 Å². The van der Waals surface area contributed by atoms with E-state index >= 15 is 0 Å². The minimum Gasteiger partial charge on any atom is -0.496 e. The summed E-state index contributed by atoms with van der Waals surface area (Å²) >= 11 is 0. The van der Waals surface area contributed by atoms with Crippen molar-refractivity contribution in [1.82, 2.24) is 29.8 Å². The molecule has 2 aromatic heterocycles. The number of nitrogens with zero attached hydrogens (tertiary/aromatic N) is 6. The number of methoxy groups -OCH3 is 1. The SMILES string of the molecule is COc1cccc2ncn(Cc3nnnn3CC(F)(F)F)c(=O)c12. The Bertz CT molecular complexity index is 933. The molecule has 126 valence electrons. The molecule has 3 aromatic rings. The fourth-order valence-corrected chi connectivity index (χ4v) is 2.23. The maximum Gasteiger partial charge on any atom is 0.408 e. The fraction of sp³-hybridized carbons (Fsp3) is 0.308. The molecule has 0 saturated carbocycles. The minimum atomic E-state index is -4.47. The van der Waals surface area contributed by atoms with E-state index in [0.717, 1.165) is 4.57 Å². The third-order valence-corrected chi connectivity index (χ3v) is 3.28. The number of rotatable bonds is 4. The number of hydrogen-bond donors (Lipinski definition) is 0. The molecule has 1 aromatic carbocycles. The standard InChI is InChI=1S/C13H11F3N6O2/c1-24-9-4-2-3-8-11(9)12(23)21(7-17-8)5-10-18-19-20-22(10)6-13(14,15)16/h2-4,7H,5-6H2,1H3. The molecule has 0 unspecified atom stereocenters. The highest BCUT2D eigenvalue weighted by molar-refractivity contribution is 5.83. The van der Waals surface area contributed by atoms with E-state index in [9.17, 15) is 18.0 Å². The van der Waals surface area contributed by atoms with E-state index in [1.165, 1.54) is 13.4 Å². The van der Waals surface area contributed by atoms with E-state index in [2.05, 4.69) is 20.5 Å². The second kappa shape index (κ2) is 5.91. The lowest BCUT2D eigenvalue weighted by Gasteiger charge is -2.10. The van der Waals surface area contributed by atoms with Crippen molar-refractivity contribution < 1.29 is 17.9 Å². The van der Waals surface area contributed by atoms with Crippen LogP contribution in [0, 0.1) is 0 Å². The zero-order chi connectivity index (χ0) is 17.3. The first-order valence-corrected chi connectivity index (χ1v) is 6.73. The molecular weight excluding hydrogens is 329 g/mol. The summed E-state index contributed by atoms with van der Waals surface area (Å²) in [5.74, 6) is 0.222. The van der Waals surface area contributed by atoms with Gasteiger partial charge in [-0.25, -0.2) is 9.67 Å². The van der Waals surface area contributed by atoms with Crippen LogP contribution in [0.4, 0.5) is 13.2 Å². The Morgan fingerprint density at radius 2 is 2.08 bits per heavy atom. The molecule has 0 atom stereocenters. The summed E-state index contributed by atoms with van der Waals surface area (Å²) in [6.45, 7) is -1.59. The van der Waals surface area contributed by atoms with Crippen LogP contribution in [0.5, 0.6) is 5.75 Å². The molecule has 0 aliphatic heterocycles. The zero-order valence-corrected chi connectivity index (χ0v) is 12.4. The molecule has 0 amide bonds. The van der Waals surface area contributed by atoms with E-state index < -0.39 is 18.3 Å². The van der Waals surface area contributed by atoms with Crippen LogP contribution in [0.1, 0.15) is 5.82 Å². The molecular formula is C13H11F3N6O2. The topological polar surface area (TPSA) is 87.7 Å². The maximum absolute atomic E-state index is 12.6. The van der Waals surface area contributed by atoms with Crippen LogP contribution < -0.4 is 10.3 Å². The van der Waals surface area contributed by atoms with Crippen molar-refractivity contribution in [2.45, 2.75) is 19.3 Å². The second-order valence-corrected chi connectivity index (χ2v) is 4.90. The van der Waals surface area contributed by atoms with Gasteiger partial charge in [0.15, 0.2) is 5.82 Å². The lowest BCUT2D eigenvalue weighted by molar-refractivity contribution is -0.143. The van der Waals surface area contributed by atoms with Crippen molar-refractivity contribution >= 4 is 10.9 Å². The highest BCUT2D eigenvalue weighted by Gasteiger charge is 2.30. The first kappa shape index (κ1) is 15.9. The molecule has 24 heavy (non-hydrogen) atoms. The molecule has 0 spiro atoms. The normalized spacial score (nSPS) is 11.8. The molecule has 0 radical (unpaired) electrons. The number of hydrogen-bond acceptors (Lipinski definition) is 6.